The number of hydrogen-bond donors (Lipinski definition) is 1. The summed E-state index contributed by atoms with van der Waals surface area (Å²) in [6.45, 7) is 5.81. The van der Waals surface area contributed by atoms with E-state index in [9.17, 15) is 18.0 Å². The first-order chi connectivity index (χ1) is 21.1. The van der Waals surface area contributed by atoms with E-state index in [1.54, 1.807) is 30.3 Å². The summed E-state index contributed by atoms with van der Waals surface area (Å²) in [5.74, 6) is -0.772. The Bertz CT molecular complexity index is 1660. The number of carbonyl (C=O) groups excluding carboxylic acids is 2. The van der Waals surface area contributed by atoms with Crippen LogP contribution in [0.4, 0.5) is 5.69 Å². The standard InChI is InChI=1S/C35H38BrN3O4S/c1-4-22-37-35(41)33(23-28-13-7-5-8-14-28)38(24-29-18-20-30(36)21-19-29)34(40)25-39(32-17-11-12-26(2)27(32)3)44(42,43)31-15-9-6-10-16-31/h5-21,33H,4,22-25H2,1-3H3,(H,37,41)/t33-/m1/s1. The summed E-state index contributed by atoms with van der Waals surface area (Å²) in [7, 11) is -4.14. The molecule has 0 aromatic heterocycles. The summed E-state index contributed by atoms with van der Waals surface area (Å²) in [5, 5.41) is 2.97. The van der Waals surface area contributed by atoms with Crippen LogP contribution in [0.2, 0.25) is 0 Å². The smallest absolute Gasteiger partial charge is 0.264 e. The van der Waals surface area contributed by atoms with E-state index in [-0.39, 0.29) is 23.8 Å². The Kier molecular flexibility index (Phi) is 11.4. The van der Waals surface area contributed by atoms with E-state index in [0.29, 0.717) is 12.2 Å². The van der Waals surface area contributed by atoms with Crippen molar-refractivity contribution in [2.45, 2.75) is 51.1 Å². The lowest BCUT2D eigenvalue weighted by molar-refractivity contribution is -0.140. The van der Waals surface area contributed by atoms with Crippen molar-refractivity contribution in [2.75, 3.05) is 17.4 Å². The topological polar surface area (TPSA) is 86.8 Å². The molecule has 0 aliphatic rings. The fourth-order valence-corrected chi connectivity index (χ4v) is 6.70. The number of benzene rings is 4. The molecule has 1 N–H and O–H groups in total. The van der Waals surface area contributed by atoms with Gasteiger partial charge in [-0.05, 0) is 72.9 Å². The Hall–Kier alpha value is -3.95. The van der Waals surface area contributed by atoms with Gasteiger partial charge in [0.25, 0.3) is 10.0 Å². The fourth-order valence-electron chi connectivity index (χ4n) is 4.95. The molecule has 2 amide bonds. The average molecular weight is 677 g/mol. The van der Waals surface area contributed by atoms with Gasteiger partial charge in [-0.2, -0.15) is 0 Å². The third-order valence-electron chi connectivity index (χ3n) is 7.54. The fraction of sp³-hybridized carbons (Fsp3) is 0.257. The summed E-state index contributed by atoms with van der Waals surface area (Å²) in [4.78, 5) is 29.8. The first-order valence-corrected chi connectivity index (χ1v) is 16.8. The molecule has 0 bridgehead atoms. The van der Waals surface area contributed by atoms with E-state index in [1.165, 1.54) is 21.3 Å². The van der Waals surface area contributed by atoms with Gasteiger partial charge < -0.3 is 10.2 Å². The molecule has 44 heavy (non-hydrogen) atoms. The molecule has 1 atom stereocenters. The molecular formula is C35H38BrN3O4S. The SMILES string of the molecule is CCCNC(=O)[C@@H](Cc1ccccc1)N(Cc1ccc(Br)cc1)C(=O)CN(c1cccc(C)c1C)S(=O)(=O)c1ccccc1. The zero-order valence-electron chi connectivity index (χ0n) is 25.2. The number of sulfonamides is 1. The molecule has 9 heteroatoms. The summed E-state index contributed by atoms with van der Waals surface area (Å²) in [6, 6.07) is 29.7. The maximum atomic E-state index is 14.5. The molecule has 0 radical (unpaired) electrons. The van der Waals surface area contributed by atoms with Crippen molar-refractivity contribution in [1.29, 1.82) is 0 Å². The molecule has 4 aromatic rings. The van der Waals surface area contributed by atoms with Crippen LogP contribution < -0.4 is 9.62 Å². The maximum absolute atomic E-state index is 14.5. The summed E-state index contributed by atoms with van der Waals surface area (Å²) in [6.07, 6.45) is 1.01. The zero-order chi connectivity index (χ0) is 31.7. The lowest BCUT2D eigenvalue weighted by atomic mass is 10.0. The van der Waals surface area contributed by atoms with E-state index < -0.39 is 28.5 Å². The molecule has 7 nitrogen and oxygen atoms in total. The molecule has 0 saturated carbocycles. The minimum Gasteiger partial charge on any atom is -0.354 e. The quantitative estimate of drug-likeness (QED) is 0.177. The normalized spacial score (nSPS) is 11.9. The second kappa shape index (κ2) is 15.2. The number of halogens is 1. The largest absolute Gasteiger partial charge is 0.354 e. The molecule has 0 aliphatic heterocycles. The van der Waals surface area contributed by atoms with Crippen LogP contribution in [-0.4, -0.2) is 44.3 Å². The molecule has 0 fully saturated rings. The Morgan fingerprint density at radius 2 is 1.45 bits per heavy atom. The van der Waals surface area contributed by atoms with Gasteiger partial charge >= 0.3 is 0 Å². The third kappa shape index (κ3) is 8.15. The number of aryl methyl sites for hydroxylation is 1. The van der Waals surface area contributed by atoms with Crippen LogP contribution in [0.15, 0.2) is 112 Å². The molecule has 4 aromatic carbocycles. The number of rotatable bonds is 13. The predicted molar refractivity (Wildman–Crippen MR) is 179 cm³/mol. The van der Waals surface area contributed by atoms with Crippen LogP contribution in [0.5, 0.6) is 0 Å². The number of anilines is 1. The van der Waals surface area contributed by atoms with Gasteiger partial charge in [0.05, 0.1) is 10.6 Å². The van der Waals surface area contributed by atoms with Gasteiger partial charge in [-0.3, -0.25) is 13.9 Å². The summed E-state index contributed by atoms with van der Waals surface area (Å²) in [5.41, 5.74) is 3.77. The highest BCUT2D eigenvalue weighted by molar-refractivity contribution is 9.10. The minimum absolute atomic E-state index is 0.0784. The Morgan fingerprint density at radius 3 is 2.09 bits per heavy atom. The van der Waals surface area contributed by atoms with Crippen LogP contribution in [0.3, 0.4) is 0 Å². The van der Waals surface area contributed by atoms with E-state index >= 15 is 0 Å². The maximum Gasteiger partial charge on any atom is 0.264 e. The van der Waals surface area contributed by atoms with Crippen LogP contribution >= 0.6 is 15.9 Å². The molecule has 0 saturated heterocycles. The van der Waals surface area contributed by atoms with Gasteiger partial charge in [0.15, 0.2) is 0 Å². The Morgan fingerprint density at radius 1 is 0.818 bits per heavy atom. The van der Waals surface area contributed by atoms with Gasteiger partial charge in [0.2, 0.25) is 11.8 Å². The molecule has 0 aliphatic carbocycles. The second-order valence-electron chi connectivity index (χ2n) is 10.7. The summed E-state index contributed by atoms with van der Waals surface area (Å²) < 4.78 is 30.4. The number of carbonyl (C=O) groups is 2. The van der Waals surface area contributed by atoms with Gasteiger partial charge in [-0.25, -0.2) is 8.42 Å². The average Bonchev–Trinajstić information content (AvgIpc) is 3.03. The number of nitrogens with zero attached hydrogens (tertiary/aromatic N) is 2. The Balaban J connectivity index is 1.81. The third-order valence-corrected chi connectivity index (χ3v) is 9.84. The second-order valence-corrected chi connectivity index (χ2v) is 13.5. The first-order valence-electron chi connectivity index (χ1n) is 14.6. The zero-order valence-corrected chi connectivity index (χ0v) is 27.6. The van der Waals surface area contributed by atoms with E-state index in [1.807, 2.05) is 81.4 Å². The molecular weight excluding hydrogens is 638 g/mol. The van der Waals surface area contributed by atoms with Gasteiger partial charge in [0.1, 0.15) is 12.6 Å². The number of amides is 2. The van der Waals surface area contributed by atoms with E-state index in [2.05, 4.69) is 21.2 Å². The van der Waals surface area contributed by atoms with Gasteiger partial charge in [0, 0.05) is 24.0 Å². The monoisotopic (exact) mass is 675 g/mol. The van der Waals surface area contributed by atoms with Crippen LogP contribution in [0, 0.1) is 13.8 Å². The molecule has 4 rings (SSSR count). The van der Waals surface area contributed by atoms with E-state index in [4.69, 9.17) is 0 Å². The van der Waals surface area contributed by atoms with Crippen molar-refractivity contribution < 1.29 is 18.0 Å². The lowest BCUT2D eigenvalue weighted by Crippen LogP contribution is -2.53. The van der Waals surface area contributed by atoms with Crippen LogP contribution in [0.1, 0.15) is 35.6 Å². The molecule has 0 spiro atoms. The van der Waals surface area contributed by atoms with Crippen molar-refractivity contribution >= 4 is 43.5 Å². The van der Waals surface area contributed by atoms with Crippen molar-refractivity contribution in [1.82, 2.24) is 10.2 Å². The minimum atomic E-state index is -4.14. The van der Waals surface area contributed by atoms with Crippen LogP contribution in [-0.2, 0) is 32.6 Å². The highest BCUT2D eigenvalue weighted by Gasteiger charge is 2.35. The molecule has 0 unspecified atom stereocenters. The highest BCUT2D eigenvalue weighted by atomic mass is 79.9. The van der Waals surface area contributed by atoms with Crippen molar-refractivity contribution in [3.63, 3.8) is 0 Å². The van der Waals surface area contributed by atoms with Gasteiger partial charge in [-0.15, -0.1) is 0 Å². The van der Waals surface area contributed by atoms with Crippen molar-refractivity contribution in [3.8, 4) is 0 Å². The Labute approximate surface area is 269 Å². The van der Waals surface area contributed by atoms with Crippen molar-refractivity contribution in [3.05, 3.63) is 130 Å². The predicted octanol–water partition coefficient (Wildman–Crippen LogP) is 6.43. The lowest BCUT2D eigenvalue weighted by Gasteiger charge is -2.34. The highest BCUT2D eigenvalue weighted by Crippen LogP contribution is 2.29. The first kappa shape index (κ1) is 33.0. The van der Waals surface area contributed by atoms with Crippen molar-refractivity contribution in [2.24, 2.45) is 0 Å². The van der Waals surface area contributed by atoms with Crippen LogP contribution in [0.25, 0.3) is 0 Å². The van der Waals surface area contributed by atoms with Gasteiger partial charge in [-0.1, -0.05) is 95.7 Å². The summed E-state index contributed by atoms with van der Waals surface area (Å²) >= 11 is 3.46. The molecule has 230 valence electrons. The van der Waals surface area contributed by atoms with E-state index in [0.717, 1.165) is 33.1 Å². The molecule has 0 heterocycles. The number of nitrogens with one attached hydrogen (secondary N) is 1. The number of hydrogen-bond acceptors (Lipinski definition) is 4.